The fourth-order valence-electron chi connectivity index (χ4n) is 2.55. The van der Waals surface area contributed by atoms with Crippen molar-refractivity contribution in [2.24, 2.45) is 0 Å². The van der Waals surface area contributed by atoms with E-state index in [2.05, 4.69) is 4.99 Å². The summed E-state index contributed by atoms with van der Waals surface area (Å²) in [5.74, 6) is 0.427. The second-order valence-corrected chi connectivity index (χ2v) is 7.37. The summed E-state index contributed by atoms with van der Waals surface area (Å²) < 4.78 is 30.3. The van der Waals surface area contributed by atoms with Crippen LogP contribution in [-0.4, -0.2) is 27.2 Å². The standard InChI is InChI=1S/C17H15NO4S/c1-22-16-5-3-2-4-12(16)8-9-23(20,21)14-6-7-15-13(10-14)11-17(19)18-15/h2-7,10-11H,8-9H2,1H3/p+1. The van der Waals surface area contributed by atoms with Gasteiger partial charge in [-0.25, -0.2) is 13.2 Å². The predicted molar refractivity (Wildman–Crippen MR) is 84.0 cm³/mol. The van der Waals surface area contributed by atoms with Crippen LogP contribution in [0.1, 0.15) is 5.56 Å². The van der Waals surface area contributed by atoms with Crippen LogP contribution >= 0.6 is 0 Å². The highest BCUT2D eigenvalue weighted by atomic mass is 32.2. The van der Waals surface area contributed by atoms with Crippen molar-refractivity contribution in [1.29, 1.82) is 0 Å². The number of ether oxygens (including phenoxy) is 1. The van der Waals surface area contributed by atoms with Gasteiger partial charge in [-0.3, -0.25) is 0 Å². The van der Waals surface area contributed by atoms with Gasteiger partial charge in [0.2, 0.25) is 5.36 Å². The minimum Gasteiger partial charge on any atom is -0.496 e. The maximum absolute atomic E-state index is 12.5. The highest BCUT2D eigenvalue weighted by molar-refractivity contribution is 7.91. The Labute approximate surface area is 133 Å². The monoisotopic (exact) mass is 330 g/mol. The molecule has 2 aromatic rings. The van der Waals surface area contributed by atoms with E-state index in [9.17, 15) is 13.2 Å². The van der Waals surface area contributed by atoms with Crippen molar-refractivity contribution in [3.8, 4) is 5.75 Å². The van der Waals surface area contributed by atoms with E-state index in [0.717, 1.165) is 5.56 Å². The highest BCUT2D eigenvalue weighted by Crippen LogP contribution is 2.19. The summed E-state index contributed by atoms with van der Waals surface area (Å²) in [7, 11) is -1.87. The largest absolute Gasteiger partial charge is 0.496 e. The number of carbonyl (C=O) groups is 1. The Morgan fingerprint density at radius 3 is 2.70 bits per heavy atom. The third kappa shape index (κ3) is 3.17. The molecule has 1 amide bonds. The van der Waals surface area contributed by atoms with Gasteiger partial charge in [0.05, 0.1) is 29.1 Å². The molecule has 118 valence electrons. The molecule has 23 heavy (non-hydrogen) atoms. The fraction of sp³-hybridized carbons (Fsp3) is 0.176. The summed E-state index contributed by atoms with van der Waals surface area (Å²) in [5, 5.41) is 1.24. The minimum absolute atomic E-state index is 0.0203. The number of benzene rings is 2. The van der Waals surface area contributed by atoms with Crippen molar-refractivity contribution in [3.63, 3.8) is 0 Å². The van der Waals surface area contributed by atoms with Crippen molar-refractivity contribution in [2.75, 3.05) is 12.9 Å². The van der Waals surface area contributed by atoms with Gasteiger partial charge in [0.25, 0.3) is 0 Å². The number of amides is 1. The molecule has 0 saturated carbocycles. The molecule has 1 aliphatic rings. The summed E-state index contributed by atoms with van der Waals surface area (Å²) in [5.41, 5.74) is 0.850. The van der Waals surface area contributed by atoms with Crippen molar-refractivity contribution < 1.29 is 22.9 Å². The molecule has 0 unspecified atom stereocenters. The minimum atomic E-state index is -3.44. The van der Waals surface area contributed by atoms with Gasteiger partial charge in [-0.05, 0) is 30.2 Å². The van der Waals surface area contributed by atoms with Gasteiger partial charge in [-0.15, -0.1) is 0 Å². The summed E-state index contributed by atoms with van der Waals surface area (Å²) in [6, 6.07) is 12.0. The van der Waals surface area contributed by atoms with E-state index in [1.807, 2.05) is 24.3 Å². The first kappa shape index (κ1) is 15.4. The Morgan fingerprint density at radius 1 is 1.13 bits per heavy atom. The Balaban J connectivity index is 1.86. The van der Waals surface area contributed by atoms with Crippen LogP contribution in [0.2, 0.25) is 0 Å². The average Bonchev–Trinajstić information content (AvgIpc) is 2.92. The van der Waals surface area contributed by atoms with Crippen LogP contribution in [0.5, 0.6) is 5.75 Å². The van der Waals surface area contributed by atoms with Crippen LogP contribution < -0.4 is 20.3 Å². The van der Waals surface area contributed by atoms with E-state index < -0.39 is 9.84 Å². The molecule has 2 aromatic carbocycles. The summed E-state index contributed by atoms with van der Waals surface area (Å²) >= 11 is 0. The summed E-state index contributed by atoms with van der Waals surface area (Å²) in [6.45, 7) is 0. The molecule has 1 heterocycles. The molecule has 1 N–H and O–H groups in total. The Morgan fingerprint density at radius 2 is 1.91 bits per heavy atom. The Hall–Kier alpha value is -2.47. The van der Waals surface area contributed by atoms with Crippen molar-refractivity contribution >= 4 is 21.8 Å². The zero-order valence-corrected chi connectivity index (χ0v) is 13.4. The third-order valence-electron chi connectivity index (χ3n) is 3.76. The molecular formula is C17H16NO4S+. The number of methoxy groups -OCH3 is 1. The number of rotatable bonds is 5. The average molecular weight is 330 g/mol. The van der Waals surface area contributed by atoms with Crippen LogP contribution in [0.15, 0.2) is 47.4 Å². The first-order valence-corrected chi connectivity index (χ1v) is 8.79. The van der Waals surface area contributed by atoms with Crippen LogP contribution in [-0.2, 0) is 21.1 Å². The van der Waals surface area contributed by atoms with E-state index in [1.54, 1.807) is 13.2 Å². The van der Waals surface area contributed by atoms with Gasteiger partial charge in [0, 0.05) is 6.07 Å². The number of hydrogen-bond donors (Lipinski definition) is 1. The maximum Gasteiger partial charge on any atom is 0.411 e. The van der Waals surface area contributed by atoms with Gasteiger partial charge in [0.15, 0.2) is 9.84 Å². The molecule has 0 radical (unpaired) electrons. The number of nitrogens with one attached hydrogen (secondary N) is 1. The predicted octanol–water partition coefficient (Wildman–Crippen LogP) is -1.27. The van der Waals surface area contributed by atoms with E-state index in [0.29, 0.717) is 22.7 Å². The van der Waals surface area contributed by atoms with Gasteiger partial charge >= 0.3 is 5.91 Å². The Kier molecular flexibility index (Phi) is 4.00. The fourth-order valence-corrected chi connectivity index (χ4v) is 3.86. The molecule has 0 saturated heterocycles. The normalized spacial score (nSPS) is 13.2. The van der Waals surface area contributed by atoms with Crippen LogP contribution in [0.4, 0.5) is 0 Å². The molecule has 0 atom stereocenters. The van der Waals surface area contributed by atoms with E-state index in [4.69, 9.17) is 4.74 Å². The van der Waals surface area contributed by atoms with Gasteiger partial charge in [-0.2, -0.15) is 4.99 Å². The van der Waals surface area contributed by atoms with E-state index >= 15 is 0 Å². The molecule has 0 spiro atoms. The van der Waals surface area contributed by atoms with Gasteiger partial charge in [0.1, 0.15) is 5.75 Å². The number of carbonyl (C=O) groups excluding carboxylic acids is 1. The number of aryl methyl sites for hydroxylation is 1. The molecular weight excluding hydrogens is 314 g/mol. The molecule has 0 bridgehead atoms. The third-order valence-corrected chi connectivity index (χ3v) is 5.47. The zero-order valence-electron chi connectivity index (χ0n) is 12.6. The van der Waals surface area contributed by atoms with Crippen LogP contribution in [0, 0.1) is 0 Å². The summed E-state index contributed by atoms with van der Waals surface area (Å²) in [6.07, 6.45) is 1.76. The number of fused-ring (bicyclic) bond motifs is 1. The van der Waals surface area contributed by atoms with Gasteiger partial charge < -0.3 is 4.74 Å². The highest BCUT2D eigenvalue weighted by Gasteiger charge is 2.18. The summed E-state index contributed by atoms with van der Waals surface area (Å²) in [4.78, 5) is 14.2. The van der Waals surface area contributed by atoms with Crippen LogP contribution in [0.25, 0.3) is 6.08 Å². The SMILES string of the molecule is COc1ccccc1CCS(=O)(=O)c1ccc2c(c1)=CC(=O)[NH+]=2. The first-order chi connectivity index (χ1) is 11.0. The molecule has 0 fully saturated rings. The lowest BCUT2D eigenvalue weighted by molar-refractivity contribution is -0.406. The van der Waals surface area contributed by atoms with Crippen molar-refractivity contribution in [3.05, 3.63) is 58.6 Å². The van der Waals surface area contributed by atoms with E-state index in [-0.39, 0.29) is 16.6 Å². The van der Waals surface area contributed by atoms with Crippen molar-refractivity contribution in [2.45, 2.75) is 11.3 Å². The molecule has 0 aliphatic carbocycles. The topological polar surface area (TPSA) is 74.4 Å². The molecule has 0 aromatic heterocycles. The second kappa shape index (κ2) is 5.96. The lowest BCUT2D eigenvalue weighted by atomic mass is 10.1. The lowest BCUT2D eigenvalue weighted by Crippen LogP contribution is -2.79. The van der Waals surface area contributed by atoms with Crippen LogP contribution in [0.3, 0.4) is 0 Å². The molecule has 3 rings (SSSR count). The van der Waals surface area contributed by atoms with E-state index in [1.165, 1.54) is 18.2 Å². The molecule has 5 nitrogen and oxygen atoms in total. The zero-order chi connectivity index (χ0) is 16.4. The number of hydrogen-bond acceptors (Lipinski definition) is 4. The smallest absolute Gasteiger partial charge is 0.411 e. The quantitative estimate of drug-likeness (QED) is 0.742. The van der Waals surface area contributed by atoms with Gasteiger partial charge in [-0.1, -0.05) is 18.2 Å². The number of sulfone groups is 1. The number of para-hydroxylation sites is 1. The first-order valence-electron chi connectivity index (χ1n) is 7.14. The maximum atomic E-state index is 12.5. The van der Waals surface area contributed by atoms with Crippen molar-refractivity contribution in [1.82, 2.24) is 0 Å². The molecule has 6 heteroatoms. The lowest BCUT2D eigenvalue weighted by Gasteiger charge is -2.08. The second-order valence-electron chi connectivity index (χ2n) is 5.26. The molecule has 1 aliphatic heterocycles. The Bertz CT molecular complexity index is 993.